The number of rotatable bonds is 5. The summed E-state index contributed by atoms with van der Waals surface area (Å²) in [6, 6.07) is 0. The monoisotopic (exact) mass is 371 g/mol. The Balaban J connectivity index is 1.63. The van der Waals surface area contributed by atoms with E-state index < -0.39 is 17.6 Å². The first-order valence-corrected chi connectivity index (χ1v) is 8.14. The fourth-order valence-corrected chi connectivity index (χ4v) is 2.75. The van der Waals surface area contributed by atoms with Gasteiger partial charge in [-0.2, -0.15) is 23.3 Å². The number of alkyl halides is 3. The number of aryl methyl sites for hydroxylation is 1. The van der Waals surface area contributed by atoms with E-state index in [0.29, 0.717) is 12.2 Å². The molecule has 0 radical (unpaired) electrons. The molecule has 8 nitrogen and oxygen atoms in total. The number of morpholine rings is 1. The van der Waals surface area contributed by atoms with E-state index in [-0.39, 0.29) is 11.6 Å². The summed E-state index contributed by atoms with van der Waals surface area (Å²) in [5, 5.41) is 7.06. The van der Waals surface area contributed by atoms with Gasteiger partial charge in [-0.1, -0.05) is 0 Å². The molecule has 3 heterocycles. The van der Waals surface area contributed by atoms with E-state index in [2.05, 4.69) is 25.3 Å². The van der Waals surface area contributed by atoms with Gasteiger partial charge in [-0.05, 0) is 6.92 Å². The van der Waals surface area contributed by atoms with Crippen molar-refractivity contribution in [3.05, 3.63) is 23.7 Å². The summed E-state index contributed by atoms with van der Waals surface area (Å²) >= 11 is 0. The molecule has 0 spiro atoms. The third kappa shape index (κ3) is 4.41. The van der Waals surface area contributed by atoms with Crippen molar-refractivity contribution in [3.8, 4) is 0 Å². The summed E-state index contributed by atoms with van der Waals surface area (Å²) in [6.45, 7) is 6.03. The molecule has 142 valence electrons. The standard InChI is InChI=1S/C15H20F3N7O/c1-10-12(15(16,17)18)13(19)23-14(21-10)22-11-8-20-25(9-11)3-2-24-4-6-26-7-5-24/h8-9H,2-7H2,1H3,(H3,19,21,22,23). The minimum absolute atomic E-state index is 0.000675. The van der Waals surface area contributed by atoms with Gasteiger partial charge >= 0.3 is 6.18 Å². The number of ether oxygens (including phenoxy) is 1. The molecule has 1 aliphatic rings. The first-order valence-electron chi connectivity index (χ1n) is 8.14. The van der Waals surface area contributed by atoms with Crippen LogP contribution in [0.2, 0.25) is 0 Å². The van der Waals surface area contributed by atoms with E-state index in [1.807, 2.05) is 0 Å². The number of hydrogen-bond acceptors (Lipinski definition) is 7. The quantitative estimate of drug-likeness (QED) is 0.825. The smallest absolute Gasteiger partial charge is 0.383 e. The summed E-state index contributed by atoms with van der Waals surface area (Å²) in [5.41, 5.74) is 4.79. The van der Waals surface area contributed by atoms with Crippen molar-refractivity contribution < 1.29 is 17.9 Å². The zero-order chi connectivity index (χ0) is 18.7. The molecule has 1 aliphatic heterocycles. The molecule has 1 saturated heterocycles. The van der Waals surface area contributed by atoms with Crippen molar-refractivity contribution in [3.63, 3.8) is 0 Å². The van der Waals surface area contributed by atoms with E-state index in [0.717, 1.165) is 32.8 Å². The molecule has 3 rings (SSSR count). The van der Waals surface area contributed by atoms with Gasteiger partial charge in [0.1, 0.15) is 11.4 Å². The van der Waals surface area contributed by atoms with Crippen LogP contribution in [0.15, 0.2) is 12.4 Å². The predicted molar refractivity (Wildman–Crippen MR) is 89.0 cm³/mol. The van der Waals surface area contributed by atoms with Crippen LogP contribution in [0, 0.1) is 6.92 Å². The van der Waals surface area contributed by atoms with E-state index in [1.54, 1.807) is 17.1 Å². The lowest BCUT2D eigenvalue weighted by atomic mass is 10.2. The summed E-state index contributed by atoms with van der Waals surface area (Å²) in [5.74, 6) is -0.604. The molecule has 3 N–H and O–H groups in total. The fraction of sp³-hybridized carbons (Fsp3) is 0.533. The number of nitrogen functional groups attached to an aromatic ring is 1. The summed E-state index contributed by atoms with van der Waals surface area (Å²) in [6.07, 6.45) is -1.28. The molecule has 0 aliphatic carbocycles. The number of anilines is 3. The highest BCUT2D eigenvalue weighted by Gasteiger charge is 2.36. The minimum atomic E-state index is -4.59. The number of nitrogens with one attached hydrogen (secondary N) is 1. The van der Waals surface area contributed by atoms with Crippen LogP contribution in [-0.4, -0.2) is 57.5 Å². The Morgan fingerprint density at radius 1 is 1.23 bits per heavy atom. The number of aromatic nitrogens is 4. The highest BCUT2D eigenvalue weighted by atomic mass is 19.4. The number of halogens is 3. The second-order valence-corrected chi connectivity index (χ2v) is 5.96. The Bertz CT molecular complexity index is 733. The third-order valence-electron chi connectivity index (χ3n) is 4.04. The largest absolute Gasteiger partial charge is 0.421 e. The minimum Gasteiger partial charge on any atom is -0.383 e. The molecule has 0 aromatic carbocycles. The van der Waals surface area contributed by atoms with Gasteiger partial charge in [0.05, 0.1) is 37.3 Å². The van der Waals surface area contributed by atoms with Crippen LogP contribution in [0.1, 0.15) is 11.3 Å². The zero-order valence-corrected chi connectivity index (χ0v) is 14.3. The molecule has 2 aromatic rings. The van der Waals surface area contributed by atoms with Crippen molar-refractivity contribution >= 4 is 17.5 Å². The Kier molecular flexibility index (Phi) is 5.28. The van der Waals surface area contributed by atoms with Crippen LogP contribution in [0.5, 0.6) is 0 Å². The number of hydrogen-bond donors (Lipinski definition) is 2. The van der Waals surface area contributed by atoms with Gasteiger partial charge in [-0.15, -0.1) is 0 Å². The first-order chi connectivity index (χ1) is 12.3. The van der Waals surface area contributed by atoms with Gasteiger partial charge in [0.2, 0.25) is 5.95 Å². The van der Waals surface area contributed by atoms with E-state index in [9.17, 15) is 13.2 Å². The van der Waals surface area contributed by atoms with Gasteiger partial charge in [0.25, 0.3) is 0 Å². The van der Waals surface area contributed by atoms with Crippen LogP contribution >= 0.6 is 0 Å². The second-order valence-electron chi connectivity index (χ2n) is 5.96. The van der Waals surface area contributed by atoms with Crippen molar-refractivity contribution in [2.24, 2.45) is 0 Å². The van der Waals surface area contributed by atoms with Crippen LogP contribution in [-0.2, 0) is 17.5 Å². The molecular weight excluding hydrogens is 351 g/mol. The van der Waals surface area contributed by atoms with Crippen molar-refractivity contribution in [1.82, 2.24) is 24.6 Å². The van der Waals surface area contributed by atoms with Crippen molar-refractivity contribution in [1.29, 1.82) is 0 Å². The summed E-state index contributed by atoms with van der Waals surface area (Å²) < 4.78 is 45.8. The predicted octanol–water partition coefficient (Wildman–Crippen LogP) is 1.66. The van der Waals surface area contributed by atoms with Crippen LogP contribution < -0.4 is 11.1 Å². The molecule has 0 saturated carbocycles. The number of nitrogens with two attached hydrogens (primary N) is 1. The first kappa shape index (κ1) is 18.4. The lowest BCUT2D eigenvalue weighted by molar-refractivity contribution is -0.137. The molecule has 0 unspecified atom stereocenters. The highest BCUT2D eigenvalue weighted by Crippen LogP contribution is 2.35. The normalized spacial score (nSPS) is 16.0. The SMILES string of the molecule is Cc1nc(Nc2cnn(CCN3CCOCC3)c2)nc(N)c1C(F)(F)F. The second kappa shape index (κ2) is 7.46. The lowest BCUT2D eigenvalue weighted by Crippen LogP contribution is -2.38. The number of nitrogens with zero attached hydrogens (tertiary/aromatic N) is 5. The third-order valence-corrected chi connectivity index (χ3v) is 4.04. The van der Waals surface area contributed by atoms with Gasteiger partial charge in [0.15, 0.2) is 0 Å². The van der Waals surface area contributed by atoms with Gasteiger partial charge in [-0.3, -0.25) is 9.58 Å². The fourth-order valence-electron chi connectivity index (χ4n) is 2.75. The van der Waals surface area contributed by atoms with E-state index in [1.165, 1.54) is 6.92 Å². The average molecular weight is 371 g/mol. The summed E-state index contributed by atoms with van der Waals surface area (Å²) in [7, 11) is 0. The highest BCUT2D eigenvalue weighted by molar-refractivity contribution is 5.55. The Labute approximate surface area is 148 Å². The molecular formula is C15H20F3N7O. The molecule has 0 atom stereocenters. The zero-order valence-electron chi connectivity index (χ0n) is 14.3. The van der Waals surface area contributed by atoms with Crippen molar-refractivity contribution in [2.75, 3.05) is 43.9 Å². The van der Waals surface area contributed by atoms with Gasteiger partial charge < -0.3 is 15.8 Å². The topological polar surface area (TPSA) is 94.1 Å². The molecule has 0 amide bonds. The van der Waals surface area contributed by atoms with Gasteiger partial charge in [-0.25, -0.2) is 4.98 Å². The van der Waals surface area contributed by atoms with E-state index in [4.69, 9.17) is 10.5 Å². The van der Waals surface area contributed by atoms with Crippen LogP contribution in [0.25, 0.3) is 0 Å². The Morgan fingerprint density at radius 2 is 1.96 bits per heavy atom. The average Bonchev–Trinajstić information content (AvgIpc) is 2.99. The summed E-state index contributed by atoms with van der Waals surface area (Å²) in [4.78, 5) is 9.82. The van der Waals surface area contributed by atoms with Crippen LogP contribution in [0.3, 0.4) is 0 Å². The van der Waals surface area contributed by atoms with Gasteiger partial charge in [0, 0.05) is 25.8 Å². The van der Waals surface area contributed by atoms with Crippen molar-refractivity contribution in [2.45, 2.75) is 19.6 Å². The molecule has 0 bridgehead atoms. The Morgan fingerprint density at radius 3 is 2.62 bits per heavy atom. The molecule has 1 fully saturated rings. The maximum Gasteiger partial charge on any atom is 0.421 e. The molecule has 26 heavy (non-hydrogen) atoms. The lowest BCUT2D eigenvalue weighted by Gasteiger charge is -2.26. The maximum atomic E-state index is 12.9. The van der Waals surface area contributed by atoms with E-state index >= 15 is 0 Å². The molecule has 11 heteroatoms. The van der Waals surface area contributed by atoms with Crippen LogP contribution in [0.4, 0.5) is 30.6 Å². The maximum absolute atomic E-state index is 12.9. The Hall–Kier alpha value is -2.40. The molecule has 2 aromatic heterocycles.